The molecule has 6 aliphatic rings. The number of halogens is 3. The maximum absolute atomic E-state index is 13.5. The van der Waals surface area contributed by atoms with Crippen LogP contribution in [0.4, 0.5) is 0 Å². The Morgan fingerprint density at radius 1 is 0.768 bits per heavy atom. The van der Waals surface area contributed by atoms with Crippen molar-refractivity contribution in [1.29, 1.82) is 0 Å². The first kappa shape index (κ1) is 38.8. The third-order valence-corrected chi connectivity index (χ3v) is 14.4. The Balaban J connectivity index is 0.736. The van der Waals surface area contributed by atoms with Gasteiger partial charge in [0.25, 0.3) is 0 Å². The number of nitrogens with zero attached hydrogens (tertiary/aromatic N) is 5. The van der Waals surface area contributed by atoms with E-state index in [2.05, 4.69) is 18.2 Å². The quantitative estimate of drug-likeness (QED) is 0.122. The van der Waals surface area contributed by atoms with Crippen molar-refractivity contribution in [2.24, 2.45) is 28.8 Å². The number of esters is 2. The van der Waals surface area contributed by atoms with Crippen LogP contribution in [-0.4, -0.2) is 114 Å². The first-order valence-corrected chi connectivity index (χ1v) is 21.7. The van der Waals surface area contributed by atoms with E-state index < -0.39 is 39.8 Å². The van der Waals surface area contributed by atoms with E-state index in [-0.39, 0.29) is 48.5 Å². The molecule has 11 nitrogen and oxygen atoms in total. The summed E-state index contributed by atoms with van der Waals surface area (Å²) in [5.74, 6) is -1.85. The van der Waals surface area contributed by atoms with Crippen LogP contribution in [0.2, 0.25) is 10.0 Å². The van der Waals surface area contributed by atoms with Gasteiger partial charge in [-0.1, -0.05) is 35.9 Å². The molecule has 0 saturated heterocycles. The van der Waals surface area contributed by atoms with Gasteiger partial charge in [0.15, 0.2) is 5.78 Å². The SMILES string of the molecule is CN(CCOC(=O)CC(=O)OCCN(C)CCN1[I-]C=C2c3cccc(Cl)c3C(=O)C3C=CC=C1C23)CCN1N=C2c3cccc(Cl)c3C(=O)C3C=CC=C1C23. The molecule has 292 valence electrons. The van der Waals surface area contributed by atoms with Crippen LogP contribution >= 0.6 is 23.2 Å². The van der Waals surface area contributed by atoms with Gasteiger partial charge >= 0.3 is 209 Å². The predicted octanol–water partition coefficient (Wildman–Crippen LogP) is 2.48. The normalized spacial score (nSPS) is 22.7. The summed E-state index contributed by atoms with van der Waals surface area (Å²) in [6.07, 6.45) is 11.5. The number of ketones is 2. The molecule has 56 heavy (non-hydrogen) atoms. The second kappa shape index (κ2) is 16.4. The fourth-order valence-corrected chi connectivity index (χ4v) is 11.4. The zero-order valence-electron chi connectivity index (χ0n) is 31.0. The number of fused-ring (bicyclic) bond motifs is 4. The minimum atomic E-state index is -0.625. The molecule has 0 saturated carbocycles. The van der Waals surface area contributed by atoms with Gasteiger partial charge in [-0.3, -0.25) is 9.80 Å². The van der Waals surface area contributed by atoms with Crippen LogP contribution in [-0.2, 0) is 19.1 Å². The summed E-state index contributed by atoms with van der Waals surface area (Å²) in [5.41, 5.74) is 7.16. The number of allylic oxidation sites excluding steroid dienone is 8. The Hall–Kier alpha value is -4.08. The van der Waals surface area contributed by atoms with Gasteiger partial charge in [0, 0.05) is 29.9 Å². The number of likely N-dealkylation sites (N-methyl/N-ethyl adjacent to an activating group) is 2. The van der Waals surface area contributed by atoms with Gasteiger partial charge in [0.05, 0.1) is 29.1 Å². The maximum atomic E-state index is 13.5. The molecule has 0 radical (unpaired) electrons. The molecule has 0 N–H and O–H groups in total. The zero-order chi connectivity index (χ0) is 39.1. The third-order valence-electron chi connectivity index (χ3n) is 11.1. The molecule has 4 unspecified atom stereocenters. The fourth-order valence-electron chi connectivity index (χ4n) is 8.19. The number of hydrogen-bond acceptors (Lipinski definition) is 11. The summed E-state index contributed by atoms with van der Waals surface area (Å²) in [6.45, 7) is 4.03. The molecular formula is C42H41Cl2IN5O6-. The Kier molecular flexibility index (Phi) is 11.4. The average molecular weight is 910 g/mol. The van der Waals surface area contributed by atoms with Crippen LogP contribution in [0.3, 0.4) is 0 Å². The molecule has 8 rings (SSSR count). The largest absolute Gasteiger partial charge is 0.293 e. The van der Waals surface area contributed by atoms with Gasteiger partial charge in [-0.2, -0.15) is 5.10 Å². The first-order chi connectivity index (χ1) is 27.1. The van der Waals surface area contributed by atoms with E-state index in [0.717, 1.165) is 35.6 Å². The van der Waals surface area contributed by atoms with Crippen molar-refractivity contribution in [2.45, 2.75) is 6.42 Å². The van der Waals surface area contributed by atoms with Crippen molar-refractivity contribution in [3.63, 3.8) is 0 Å². The topological polar surface area (TPSA) is 112 Å². The van der Waals surface area contributed by atoms with Crippen LogP contribution in [0.5, 0.6) is 0 Å². The number of Topliss-reactive ketones (excluding diaryl/α,β-unsaturated/α-hetero) is 2. The smallest absolute Gasteiger partial charge is 0.172 e. The monoisotopic (exact) mass is 908 g/mol. The third kappa shape index (κ3) is 7.42. The second-order valence-electron chi connectivity index (χ2n) is 14.6. The molecule has 4 aliphatic carbocycles. The zero-order valence-corrected chi connectivity index (χ0v) is 34.7. The van der Waals surface area contributed by atoms with Crippen molar-refractivity contribution >= 4 is 58.0 Å². The number of carbonyl (C=O) groups is 4. The van der Waals surface area contributed by atoms with E-state index in [9.17, 15) is 19.2 Å². The minimum Gasteiger partial charge on any atom is -0.293 e. The molecule has 2 aliphatic heterocycles. The van der Waals surface area contributed by atoms with Crippen LogP contribution in [0, 0.1) is 23.7 Å². The number of hydrazone groups is 1. The van der Waals surface area contributed by atoms with E-state index in [1.165, 1.54) is 11.3 Å². The van der Waals surface area contributed by atoms with Gasteiger partial charge in [-0.15, -0.1) is 0 Å². The Morgan fingerprint density at radius 3 is 2.00 bits per heavy atom. The van der Waals surface area contributed by atoms with Crippen LogP contribution in [0.1, 0.15) is 38.3 Å². The van der Waals surface area contributed by atoms with E-state index in [4.69, 9.17) is 37.8 Å². The Morgan fingerprint density at radius 2 is 1.34 bits per heavy atom. The van der Waals surface area contributed by atoms with Gasteiger partial charge in [0.2, 0.25) is 0 Å². The minimum absolute atomic E-state index is 0.00244. The second-order valence-corrected chi connectivity index (χ2v) is 17.8. The molecule has 4 atom stereocenters. The maximum Gasteiger partial charge on any atom is 0.172 e. The van der Waals surface area contributed by atoms with E-state index >= 15 is 0 Å². The predicted molar refractivity (Wildman–Crippen MR) is 209 cm³/mol. The molecule has 0 amide bonds. The molecule has 2 aromatic carbocycles. The molecule has 2 aromatic rings. The summed E-state index contributed by atoms with van der Waals surface area (Å²) in [5, 5.41) is 7.84. The first-order valence-electron chi connectivity index (χ1n) is 18.7. The summed E-state index contributed by atoms with van der Waals surface area (Å²) < 4.78 is 15.4. The molecule has 0 fully saturated rings. The van der Waals surface area contributed by atoms with E-state index in [1.807, 2.05) is 78.6 Å². The molecule has 14 heteroatoms. The number of ether oxygens (including phenoxy) is 2. The van der Waals surface area contributed by atoms with Crippen molar-refractivity contribution in [2.75, 3.05) is 66.6 Å². The standard InChI is InChI=1S/C42H41Cl2IN5O6/c1-47(15-17-49-32-13-5-9-27-36(32)29(24-45-49)25-7-3-11-30(43)37(25)41(27)53)19-21-55-34(51)23-35(52)56-22-20-48(2)16-18-50-33-14-6-10-28-39(33)40(46-50)26-8-4-12-31(44)38(26)42(28)54/h3-14,24,27-28,36,39H,15-23H2,1-2H3/q-1. The van der Waals surface area contributed by atoms with E-state index in [0.29, 0.717) is 47.4 Å². The molecule has 0 aromatic heterocycles. The Bertz CT molecular complexity index is 2180. The van der Waals surface area contributed by atoms with Crippen LogP contribution < -0.4 is 21.5 Å². The molecular weight excluding hydrogens is 868 g/mol. The summed E-state index contributed by atoms with van der Waals surface area (Å²) in [6, 6.07) is 11.2. The van der Waals surface area contributed by atoms with Gasteiger partial charge in [-0.25, -0.2) is 0 Å². The number of rotatable bonds is 14. The molecule has 2 heterocycles. The van der Waals surface area contributed by atoms with Crippen molar-refractivity contribution in [3.05, 3.63) is 121 Å². The molecule has 0 spiro atoms. The number of benzene rings is 2. The summed E-state index contributed by atoms with van der Waals surface area (Å²) in [4.78, 5) is 55.7. The van der Waals surface area contributed by atoms with Crippen LogP contribution in [0.15, 0.2) is 93.4 Å². The van der Waals surface area contributed by atoms with Crippen molar-refractivity contribution < 1.29 is 50.1 Å². The summed E-state index contributed by atoms with van der Waals surface area (Å²) in [7, 11) is 3.90. The summed E-state index contributed by atoms with van der Waals surface area (Å²) >= 11 is 12.5. The Labute approximate surface area is 346 Å². The fraction of sp³-hybridized carbons (Fsp3) is 0.357. The van der Waals surface area contributed by atoms with Crippen molar-refractivity contribution in [3.8, 4) is 0 Å². The van der Waals surface area contributed by atoms with Gasteiger partial charge in [-0.05, 0) is 19.2 Å². The van der Waals surface area contributed by atoms with E-state index in [1.54, 1.807) is 12.1 Å². The van der Waals surface area contributed by atoms with Crippen LogP contribution in [0.25, 0.3) is 5.57 Å². The number of hydrogen-bond donors (Lipinski definition) is 0. The number of carbonyl (C=O) groups excluding carboxylic acids is 4. The van der Waals surface area contributed by atoms with Gasteiger partial charge in [0.1, 0.15) is 0 Å². The van der Waals surface area contributed by atoms with Gasteiger partial charge < -0.3 is 4.90 Å². The average Bonchev–Trinajstić information content (AvgIpc) is 3.56. The molecule has 0 bridgehead atoms. The van der Waals surface area contributed by atoms with Crippen molar-refractivity contribution in [1.82, 2.24) is 17.9 Å².